The first-order valence-corrected chi connectivity index (χ1v) is 7.70. The van der Waals surface area contributed by atoms with Crippen LogP contribution in [0.25, 0.3) is 0 Å². The summed E-state index contributed by atoms with van der Waals surface area (Å²) in [5.41, 5.74) is 2.40. The second-order valence-corrected chi connectivity index (χ2v) is 5.59. The minimum absolute atomic E-state index is 0.211. The Morgan fingerprint density at radius 3 is 2.82 bits per heavy atom. The van der Waals surface area contributed by atoms with Gasteiger partial charge in [-0.15, -0.1) is 0 Å². The Bertz CT molecular complexity index is 624. The van der Waals surface area contributed by atoms with E-state index >= 15 is 0 Å². The summed E-state index contributed by atoms with van der Waals surface area (Å²) in [7, 11) is 0. The largest absolute Gasteiger partial charge is 0.321 e. The molecule has 114 valence electrons. The number of aromatic nitrogens is 2. The zero-order valence-corrected chi connectivity index (χ0v) is 12.5. The topological polar surface area (TPSA) is 58.1 Å². The number of carbonyl (C=O) groups excluding carboxylic acids is 1. The van der Waals surface area contributed by atoms with Gasteiger partial charge in [0.25, 0.3) is 5.91 Å². The van der Waals surface area contributed by atoms with Gasteiger partial charge in [-0.25, -0.2) is 9.97 Å². The molecule has 0 atom stereocenters. The lowest BCUT2D eigenvalue weighted by molar-refractivity contribution is 0.102. The summed E-state index contributed by atoms with van der Waals surface area (Å²) in [6, 6.07) is 9.63. The molecule has 0 aliphatic carbocycles. The van der Waals surface area contributed by atoms with Gasteiger partial charge >= 0.3 is 0 Å². The highest BCUT2D eigenvalue weighted by atomic mass is 16.1. The number of rotatable bonds is 4. The standard InChI is InChI=1S/C17H20N4O/c22-17(16-7-8-18-13-19-16)20-15-6-4-5-14(11-15)12-21-9-2-1-3-10-21/h4-8,11,13H,1-3,9-10,12H2,(H,20,22). The molecule has 1 N–H and O–H groups in total. The molecule has 2 aromatic rings. The average Bonchev–Trinajstić information content (AvgIpc) is 2.57. The molecule has 0 spiro atoms. The molecule has 0 unspecified atom stereocenters. The quantitative estimate of drug-likeness (QED) is 0.942. The Morgan fingerprint density at radius 1 is 1.18 bits per heavy atom. The van der Waals surface area contributed by atoms with Gasteiger partial charge in [0, 0.05) is 18.4 Å². The lowest BCUT2D eigenvalue weighted by Crippen LogP contribution is -2.29. The van der Waals surface area contributed by atoms with Gasteiger partial charge in [0.1, 0.15) is 12.0 Å². The second-order valence-electron chi connectivity index (χ2n) is 5.59. The number of hydrogen-bond acceptors (Lipinski definition) is 4. The number of likely N-dealkylation sites (tertiary alicyclic amines) is 1. The zero-order chi connectivity index (χ0) is 15.2. The van der Waals surface area contributed by atoms with Crippen molar-refractivity contribution in [1.29, 1.82) is 0 Å². The predicted molar refractivity (Wildman–Crippen MR) is 85.6 cm³/mol. The summed E-state index contributed by atoms with van der Waals surface area (Å²) in [5.74, 6) is -0.211. The highest BCUT2D eigenvalue weighted by Crippen LogP contribution is 2.16. The monoisotopic (exact) mass is 296 g/mol. The van der Waals surface area contributed by atoms with Crippen LogP contribution in [0.5, 0.6) is 0 Å². The predicted octanol–water partition coefficient (Wildman–Crippen LogP) is 2.71. The molecule has 1 aliphatic rings. The molecule has 0 bridgehead atoms. The van der Waals surface area contributed by atoms with Crippen LogP contribution in [0.3, 0.4) is 0 Å². The molecule has 5 heteroatoms. The minimum atomic E-state index is -0.211. The highest BCUT2D eigenvalue weighted by molar-refractivity contribution is 6.02. The van der Waals surface area contributed by atoms with E-state index < -0.39 is 0 Å². The number of nitrogens with zero attached hydrogens (tertiary/aromatic N) is 3. The summed E-state index contributed by atoms with van der Waals surface area (Å²) in [4.78, 5) is 22.3. The van der Waals surface area contributed by atoms with Crippen LogP contribution in [0.4, 0.5) is 5.69 Å². The lowest BCUT2D eigenvalue weighted by atomic mass is 10.1. The Morgan fingerprint density at radius 2 is 2.05 bits per heavy atom. The van der Waals surface area contributed by atoms with Gasteiger partial charge in [-0.05, 0) is 49.7 Å². The highest BCUT2D eigenvalue weighted by Gasteiger charge is 2.11. The van der Waals surface area contributed by atoms with Crippen LogP contribution < -0.4 is 5.32 Å². The van der Waals surface area contributed by atoms with Gasteiger partial charge in [0.2, 0.25) is 0 Å². The molecule has 3 rings (SSSR count). The first-order chi connectivity index (χ1) is 10.8. The Hall–Kier alpha value is -2.27. The van der Waals surface area contributed by atoms with Crippen LogP contribution in [-0.2, 0) is 6.54 Å². The molecule has 2 heterocycles. The third kappa shape index (κ3) is 3.89. The van der Waals surface area contributed by atoms with Crippen molar-refractivity contribution in [2.24, 2.45) is 0 Å². The molecule has 1 fully saturated rings. The van der Waals surface area contributed by atoms with Crippen molar-refractivity contribution in [2.75, 3.05) is 18.4 Å². The van der Waals surface area contributed by atoms with E-state index in [0.29, 0.717) is 5.69 Å². The van der Waals surface area contributed by atoms with Crippen LogP contribution >= 0.6 is 0 Å². The van der Waals surface area contributed by atoms with Crippen molar-refractivity contribution >= 4 is 11.6 Å². The van der Waals surface area contributed by atoms with E-state index in [-0.39, 0.29) is 5.91 Å². The average molecular weight is 296 g/mol. The lowest BCUT2D eigenvalue weighted by Gasteiger charge is -2.26. The Kier molecular flexibility index (Phi) is 4.75. The van der Waals surface area contributed by atoms with E-state index in [9.17, 15) is 4.79 Å². The van der Waals surface area contributed by atoms with Crippen molar-refractivity contribution < 1.29 is 4.79 Å². The molecule has 0 saturated carbocycles. The number of piperidine rings is 1. The van der Waals surface area contributed by atoms with E-state index in [1.54, 1.807) is 12.3 Å². The summed E-state index contributed by atoms with van der Waals surface area (Å²) >= 11 is 0. The summed E-state index contributed by atoms with van der Waals surface area (Å²) in [5, 5.41) is 2.89. The minimum Gasteiger partial charge on any atom is -0.321 e. The number of hydrogen-bond donors (Lipinski definition) is 1. The summed E-state index contributed by atoms with van der Waals surface area (Å²) in [6.45, 7) is 3.27. The third-order valence-electron chi connectivity index (χ3n) is 3.85. The van der Waals surface area contributed by atoms with Gasteiger partial charge in [-0.2, -0.15) is 0 Å². The van der Waals surface area contributed by atoms with Crippen molar-refractivity contribution in [3.05, 3.63) is 54.1 Å². The molecule has 1 aliphatic heterocycles. The Balaban J connectivity index is 1.64. The van der Waals surface area contributed by atoms with E-state index in [1.165, 1.54) is 31.2 Å². The maximum Gasteiger partial charge on any atom is 0.274 e. The number of benzene rings is 1. The van der Waals surface area contributed by atoms with Crippen molar-refractivity contribution in [3.8, 4) is 0 Å². The van der Waals surface area contributed by atoms with Crippen molar-refractivity contribution in [2.45, 2.75) is 25.8 Å². The van der Waals surface area contributed by atoms with E-state index in [4.69, 9.17) is 0 Å². The fourth-order valence-electron chi connectivity index (χ4n) is 2.74. The normalized spacial score (nSPS) is 15.5. The SMILES string of the molecule is O=C(Nc1cccc(CN2CCCCC2)c1)c1ccncn1. The molecular formula is C17H20N4O. The van der Waals surface area contributed by atoms with Crippen molar-refractivity contribution in [1.82, 2.24) is 14.9 Å². The number of nitrogens with one attached hydrogen (secondary N) is 1. The van der Waals surface area contributed by atoms with Crippen LogP contribution in [0, 0.1) is 0 Å². The number of carbonyl (C=O) groups is 1. The maximum absolute atomic E-state index is 12.1. The molecule has 1 aromatic carbocycles. The smallest absolute Gasteiger partial charge is 0.274 e. The Labute approximate surface area is 130 Å². The van der Waals surface area contributed by atoms with Gasteiger partial charge in [-0.1, -0.05) is 18.6 Å². The molecule has 1 aromatic heterocycles. The van der Waals surface area contributed by atoms with Gasteiger partial charge < -0.3 is 5.32 Å². The number of amides is 1. The van der Waals surface area contributed by atoms with Crippen LogP contribution in [0.2, 0.25) is 0 Å². The van der Waals surface area contributed by atoms with Crippen LogP contribution in [-0.4, -0.2) is 33.9 Å². The van der Waals surface area contributed by atoms with Crippen molar-refractivity contribution in [3.63, 3.8) is 0 Å². The van der Waals surface area contributed by atoms with Crippen LogP contribution in [0.1, 0.15) is 35.3 Å². The van der Waals surface area contributed by atoms with Gasteiger partial charge in [-0.3, -0.25) is 9.69 Å². The maximum atomic E-state index is 12.1. The van der Waals surface area contributed by atoms with E-state index in [1.807, 2.05) is 18.2 Å². The first-order valence-electron chi connectivity index (χ1n) is 7.70. The molecule has 1 saturated heterocycles. The molecule has 5 nitrogen and oxygen atoms in total. The molecule has 22 heavy (non-hydrogen) atoms. The molecular weight excluding hydrogens is 276 g/mol. The fraction of sp³-hybridized carbons (Fsp3) is 0.353. The first kappa shape index (κ1) is 14.7. The van der Waals surface area contributed by atoms with E-state index in [0.717, 1.165) is 25.3 Å². The molecule has 1 amide bonds. The van der Waals surface area contributed by atoms with Crippen LogP contribution in [0.15, 0.2) is 42.9 Å². The van der Waals surface area contributed by atoms with Gasteiger partial charge in [0.15, 0.2) is 0 Å². The molecule has 0 radical (unpaired) electrons. The zero-order valence-electron chi connectivity index (χ0n) is 12.5. The second kappa shape index (κ2) is 7.13. The summed E-state index contributed by atoms with van der Waals surface area (Å²) < 4.78 is 0. The number of anilines is 1. The van der Waals surface area contributed by atoms with Gasteiger partial charge in [0.05, 0.1) is 0 Å². The summed E-state index contributed by atoms with van der Waals surface area (Å²) in [6.07, 6.45) is 6.84. The van der Waals surface area contributed by atoms with E-state index in [2.05, 4.69) is 26.3 Å². The fourth-order valence-corrected chi connectivity index (χ4v) is 2.74. The third-order valence-corrected chi connectivity index (χ3v) is 3.85.